The van der Waals surface area contributed by atoms with E-state index in [1.807, 2.05) is 37.3 Å². The Bertz CT molecular complexity index is 809. The van der Waals surface area contributed by atoms with Crippen LogP contribution in [0, 0.1) is 0 Å². The maximum atomic E-state index is 13.2. The molecular weight excluding hydrogens is 396 g/mol. The van der Waals surface area contributed by atoms with Crippen molar-refractivity contribution in [3.8, 4) is 0 Å². The molecule has 7 nitrogen and oxygen atoms in total. The number of benzene rings is 1. The second kappa shape index (κ2) is 10.7. The highest BCUT2D eigenvalue weighted by atomic mass is 16.5. The minimum atomic E-state index is -0.712. The Morgan fingerprint density at radius 1 is 1.03 bits per heavy atom. The van der Waals surface area contributed by atoms with Gasteiger partial charge in [-0.1, -0.05) is 30.3 Å². The molecule has 1 unspecified atom stereocenters. The number of likely N-dealkylation sites (tertiary alicyclic amines) is 1. The van der Waals surface area contributed by atoms with Crippen molar-refractivity contribution in [2.75, 3.05) is 6.61 Å². The highest BCUT2D eigenvalue weighted by Crippen LogP contribution is 2.29. The van der Waals surface area contributed by atoms with Crippen LogP contribution in [0.3, 0.4) is 0 Å². The van der Waals surface area contributed by atoms with Gasteiger partial charge in [0.25, 0.3) is 0 Å². The van der Waals surface area contributed by atoms with E-state index in [0.29, 0.717) is 19.3 Å². The number of esters is 1. The summed E-state index contributed by atoms with van der Waals surface area (Å²) in [7, 11) is 0. The van der Waals surface area contributed by atoms with Crippen molar-refractivity contribution in [3.05, 3.63) is 35.9 Å². The van der Waals surface area contributed by atoms with E-state index in [1.54, 1.807) is 0 Å². The number of nitrogens with zero attached hydrogens (tertiary/aromatic N) is 1. The number of amides is 1. The number of carbonyl (C=O) groups is 4. The van der Waals surface area contributed by atoms with Crippen molar-refractivity contribution >= 4 is 23.4 Å². The zero-order valence-corrected chi connectivity index (χ0v) is 18.3. The van der Waals surface area contributed by atoms with E-state index in [-0.39, 0.29) is 42.6 Å². The fraction of sp³-hybridized carbons (Fsp3) is 0.583. The highest BCUT2D eigenvalue weighted by molar-refractivity contribution is 5.97. The van der Waals surface area contributed by atoms with Gasteiger partial charge in [-0.15, -0.1) is 0 Å². The molecule has 0 saturated carbocycles. The van der Waals surface area contributed by atoms with Gasteiger partial charge in [0.15, 0.2) is 18.2 Å². The number of carbonyl (C=O) groups excluding carboxylic acids is 4. The predicted molar refractivity (Wildman–Crippen MR) is 115 cm³/mol. The van der Waals surface area contributed by atoms with Crippen LogP contribution in [0.25, 0.3) is 0 Å². The van der Waals surface area contributed by atoms with Gasteiger partial charge in [-0.3, -0.25) is 19.2 Å². The normalized spacial score (nSPS) is 25.4. The van der Waals surface area contributed by atoms with Crippen LogP contribution >= 0.6 is 0 Å². The molecule has 1 N–H and O–H groups in total. The Kier molecular flexibility index (Phi) is 7.96. The summed E-state index contributed by atoms with van der Waals surface area (Å²) >= 11 is 0. The molecule has 0 radical (unpaired) electrons. The summed E-state index contributed by atoms with van der Waals surface area (Å²) in [6.07, 6.45) is 4.22. The largest absolute Gasteiger partial charge is 0.458 e. The van der Waals surface area contributed by atoms with E-state index in [2.05, 4.69) is 5.32 Å². The summed E-state index contributed by atoms with van der Waals surface area (Å²) in [5.74, 6) is -1.05. The minimum absolute atomic E-state index is 0.0106. The van der Waals surface area contributed by atoms with Crippen LogP contribution in [0.15, 0.2) is 30.3 Å². The van der Waals surface area contributed by atoms with Gasteiger partial charge in [0, 0.05) is 19.4 Å². The molecule has 0 aliphatic carbocycles. The Morgan fingerprint density at radius 3 is 2.39 bits per heavy atom. The van der Waals surface area contributed by atoms with Crippen molar-refractivity contribution in [2.45, 2.75) is 83.0 Å². The van der Waals surface area contributed by atoms with Crippen molar-refractivity contribution in [1.29, 1.82) is 0 Å². The molecule has 7 heteroatoms. The van der Waals surface area contributed by atoms with Crippen LogP contribution in [0.2, 0.25) is 0 Å². The maximum absolute atomic E-state index is 13.2. The lowest BCUT2D eigenvalue weighted by Gasteiger charge is -2.30. The fourth-order valence-corrected chi connectivity index (χ4v) is 4.62. The van der Waals surface area contributed by atoms with E-state index < -0.39 is 18.1 Å². The van der Waals surface area contributed by atoms with Gasteiger partial charge < -0.3 is 15.0 Å². The average Bonchev–Trinajstić information content (AvgIpc) is 3.39. The Morgan fingerprint density at radius 2 is 1.74 bits per heavy atom. The van der Waals surface area contributed by atoms with E-state index in [1.165, 1.54) is 11.8 Å². The molecule has 2 saturated heterocycles. The third kappa shape index (κ3) is 6.00. The summed E-state index contributed by atoms with van der Waals surface area (Å²) < 4.78 is 4.87. The lowest BCUT2D eigenvalue weighted by molar-refractivity contribution is -0.150. The molecule has 1 aromatic carbocycles. The minimum Gasteiger partial charge on any atom is -0.458 e. The van der Waals surface area contributed by atoms with Crippen molar-refractivity contribution in [3.63, 3.8) is 0 Å². The first-order valence-electron chi connectivity index (χ1n) is 11.2. The zero-order valence-electron chi connectivity index (χ0n) is 18.3. The number of Topliss-reactive ketones (excluding diaryl/α,β-unsaturated/α-hetero) is 2. The Labute approximate surface area is 183 Å². The maximum Gasteiger partial charge on any atom is 0.303 e. The third-order valence-corrected chi connectivity index (χ3v) is 6.21. The quantitative estimate of drug-likeness (QED) is 0.606. The number of aryl methyl sites for hydroxylation is 1. The number of nitrogens with one attached hydrogen (secondary N) is 1. The molecule has 1 amide bonds. The number of ketones is 2. The first-order valence-corrected chi connectivity index (χ1v) is 11.2. The molecule has 0 aromatic heterocycles. The lowest BCUT2D eigenvalue weighted by atomic mass is 10.0. The molecular formula is C24H32N2O5. The van der Waals surface area contributed by atoms with Crippen LogP contribution in [0.4, 0.5) is 0 Å². The molecule has 3 rings (SSSR count). The Hall–Kier alpha value is -2.54. The lowest BCUT2D eigenvalue weighted by Crippen LogP contribution is -2.52. The smallest absolute Gasteiger partial charge is 0.303 e. The molecule has 2 aliphatic rings. The van der Waals surface area contributed by atoms with Crippen molar-refractivity contribution in [2.24, 2.45) is 0 Å². The van der Waals surface area contributed by atoms with Gasteiger partial charge in [-0.2, -0.15) is 0 Å². The first kappa shape index (κ1) is 23.1. The van der Waals surface area contributed by atoms with E-state index in [0.717, 1.165) is 24.8 Å². The van der Waals surface area contributed by atoms with Crippen LogP contribution in [0.1, 0.15) is 57.9 Å². The summed E-state index contributed by atoms with van der Waals surface area (Å²) in [5.41, 5.74) is 1.15. The van der Waals surface area contributed by atoms with E-state index in [4.69, 9.17) is 4.74 Å². The molecule has 2 aliphatic heterocycles. The second-order valence-corrected chi connectivity index (χ2v) is 8.60. The summed E-state index contributed by atoms with van der Waals surface area (Å²) in [6, 6.07) is 8.60. The topological polar surface area (TPSA) is 92.8 Å². The number of rotatable bonds is 9. The number of ether oxygens (including phenoxy) is 1. The molecule has 0 spiro atoms. The van der Waals surface area contributed by atoms with Gasteiger partial charge in [0.1, 0.15) is 0 Å². The molecule has 2 fully saturated rings. The Balaban J connectivity index is 1.68. The van der Waals surface area contributed by atoms with E-state index in [9.17, 15) is 19.2 Å². The second-order valence-electron chi connectivity index (χ2n) is 8.60. The van der Waals surface area contributed by atoms with Crippen molar-refractivity contribution < 1.29 is 23.9 Å². The summed E-state index contributed by atoms with van der Waals surface area (Å²) in [4.78, 5) is 51.7. The van der Waals surface area contributed by atoms with Crippen LogP contribution in [-0.2, 0) is 30.3 Å². The van der Waals surface area contributed by atoms with Crippen LogP contribution in [0.5, 0.6) is 0 Å². The van der Waals surface area contributed by atoms with Gasteiger partial charge in [0.05, 0.1) is 18.1 Å². The summed E-state index contributed by atoms with van der Waals surface area (Å²) in [6.45, 7) is 2.92. The molecule has 168 valence electrons. The standard InChI is InChI=1S/C24H32N2O5/c1-16-11-12-19(25-16)24(30)21-14-13-20(22(28)15-31-17(2)27)26(21)23(29)10-6-9-18-7-4-3-5-8-18/h3-5,7-8,16,19-21,25H,6,9-15H2,1-2H3/t16?,19-,20-,21+/m0/s1. The predicted octanol–water partition coefficient (Wildman–Crippen LogP) is 2.21. The molecule has 2 heterocycles. The molecule has 1 aromatic rings. The zero-order chi connectivity index (χ0) is 22.4. The van der Waals surface area contributed by atoms with Gasteiger partial charge in [0.2, 0.25) is 5.91 Å². The van der Waals surface area contributed by atoms with Crippen molar-refractivity contribution in [1.82, 2.24) is 10.2 Å². The average molecular weight is 429 g/mol. The highest BCUT2D eigenvalue weighted by Gasteiger charge is 2.46. The SMILES string of the molecule is CC(=O)OCC(=O)[C@@H]1CC[C@H](C(=O)[C@@H]2CCC(C)N2)N1C(=O)CCCc1ccccc1. The molecule has 31 heavy (non-hydrogen) atoms. The molecule has 4 atom stereocenters. The number of hydrogen-bond acceptors (Lipinski definition) is 6. The number of hydrogen-bond donors (Lipinski definition) is 1. The van der Waals surface area contributed by atoms with Gasteiger partial charge in [-0.25, -0.2) is 0 Å². The van der Waals surface area contributed by atoms with Crippen LogP contribution in [-0.4, -0.2) is 59.1 Å². The third-order valence-electron chi connectivity index (χ3n) is 6.21. The summed E-state index contributed by atoms with van der Waals surface area (Å²) in [5, 5.41) is 3.30. The molecule has 0 bridgehead atoms. The first-order chi connectivity index (χ1) is 14.9. The van der Waals surface area contributed by atoms with E-state index >= 15 is 0 Å². The van der Waals surface area contributed by atoms with Gasteiger partial charge in [-0.05, 0) is 51.0 Å². The fourth-order valence-electron chi connectivity index (χ4n) is 4.62. The van der Waals surface area contributed by atoms with Gasteiger partial charge >= 0.3 is 5.97 Å². The monoisotopic (exact) mass is 428 g/mol. The van der Waals surface area contributed by atoms with Crippen LogP contribution < -0.4 is 5.32 Å².